The monoisotopic (exact) mass is 251 g/mol. The largest absolute Gasteiger partial charge is 0.493 e. The first kappa shape index (κ1) is 14.8. The molecule has 18 heavy (non-hydrogen) atoms. The maximum atomic E-state index is 5.78. The van der Waals surface area contributed by atoms with Gasteiger partial charge < -0.3 is 14.8 Å². The summed E-state index contributed by atoms with van der Waals surface area (Å²) in [5, 5.41) is 3.32. The molecule has 0 saturated heterocycles. The molecule has 0 atom stereocenters. The van der Waals surface area contributed by atoms with Crippen LogP contribution in [0.1, 0.15) is 39.2 Å². The fourth-order valence-electron chi connectivity index (χ4n) is 1.60. The van der Waals surface area contributed by atoms with Crippen molar-refractivity contribution in [1.82, 2.24) is 5.32 Å². The van der Waals surface area contributed by atoms with E-state index in [0.29, 0.717) is 0 Å². The Morgan fingerprint density at radius 1 is 1.00 bits per heavy atom. The summed E-state index contributed by atoms with van der Waals surface area (Å²) >= 11 is 0. The number of benzene rings is 1. The molecule has 0 saturated carbocycles. The third-order valence-corrected chi connectivity index (χ3v) is 2.54. The first-order valence-corrected chi connectivity index (χ1v) is 6.91. The van der Waals surface area contributed by atoms with Gasteiger partial charge in [0, 0.05) is 18.2 Å². The van der Waals surface area contributed by atoms with Crippen LogP contribution in [0, 0.1) is 0 Å². The van der Waals surface area contributed by atoms with Crippen LogP contribution in [-0.2, 0) is 6.54 Å². The molecule has 1 N–H and O–H groups in total. The second-order valence-electron chi connectivity index (χ2n) is 4.25. The standard InChI is InChI=1S/C15H25NO2/c1-4-9-17-14-8-7-13(12-16-6-3)15(11-14)18-10-5-2/h7-8,11,16H,4-6,9-10,12H2,1-3H3. The summed E-state index contributed by atoms with van der Waals surface area (Å²) in [7, 11) is 0. The Hall–Kier alpha value is -1.22. The van der Waals surface area contributed by atoms with Gasteiger partial charge in [0.1, 0.15) is 11.5 Å². The maximum absolute atomic E-state index is 5.78. The fourth-order valence-corrected chi connectivity index (χ4v) is 1.60. The lowest BCUT2D eigenvalue weighted by atomic mass is 10.2. The molecule has 0 unspecified atom stereocenters. The van der Waals surface area contributed by atoms with E-state index < -0.39 is 0 Å². The van der Waals surface area contributed by atoms with Gasteiger partial charge in [0.2, 0.25) is 0 Å². The van der Waals surface area contributed by atoms with Crippen molar-refractivity contribution in [2.45, 2.75) is 40.2 Å². The Morgan fingerprint density at radius 2 is 1.72 bits per heavy atom. The van der Waals surface area contributed by atoms with E-state index in [0.717, 1.165) is 50.6 Å². The summed E-state index contributed by atoms with van der Waals surface area (Å²) in [5.41, 5.74) is 1.19. The molecular weight excluding hydrogens is 226 g/mol. The van der Waals surface area contributed by atoms with E-state index in [1.165, 1.54) is 5.56 Å². The van der Waals surface area contributed by atoms with Crippen LogP contribution in [-0.4, -0.2) is 19.8 Å². The van der Waals surface area contributed by atoms with E-state index >= 15 is 0 Å². The topological polar surface area (TPSA) is 30.5 Å². The Morgan fingerprint density at radius 3 is 2.39 bits per heavy atom. The molecule has 3 nitrogen and oxygen atoms in total. The predicted molar refractivity (Wildman–Crippen MR) is 75.4 cm³/mol. The van der Waals surface area contributed by atoms with Gasteiger partial charge >= 0.3 is 0 Å². The van der Waals surface area contributed by atoms with Crippen LogP contribution < -0.4 is 14.8 Å². The maximum Gasteiger partial charge on any atom is 0.127 e. The minimum atomic E-state index is 0.746. The first-order chi connectivity index (χ1) is 8.81. The number of rotatable bonds is 9. The summed E-state index contributed by atoms with van der Waals surface area (Å²) in [4.78, 5) is 0. The molecule has 3 heteroatoms. The van der Waals surface area contributed by atoms with E-state index in [1.54, 1.807) is 0 Å². The van der Waals surface area contributed by atoms with Crippen molar-refractivity contribution in [2.24, 2.45) is 0 Å². The van der Waals surface area contributed by atoms with Crippen LogP contribution in [0.15, 0.2) is 18.2 Å². The molecule has 0 spiro atoms. The van der Waals surface area contributed by atoms with E-state index in [-0.39, 0.29) is 0 Å². The lowest BCUT2D eigenvalue weighted by Crippen LogP contribution is -2.13. The van der Waals surface area contributed by atoms with Gasteiger partial charge in [-0.3, -0.25) is 0 Å². The molecule has 0 aliphatic heterocycles. The lowest BCUT2D eigenvalue weighted by Gasteiger charge is -2.13. The molecule has 0 aliphatic carbocycles. The van der Waals surface area contributed by atoms with Gasteiger partial charge in [0.05, 0.1) is 13.2 Å². The zero-order valence-corrected chi connectivity index (χ0v) is 11.8. The lowest BCUT2D eigenvalue weighted by molar-refractivity contribution is 0.299. The summed E-state index contributed by atoms with van der Waals surface area (Å²) in [6, 6.07) is 6.10. The van der Waals surface area contributed by atoms with Gasteiger partial charge in [-0.05, 0) is 25.5 Å². The van der Waals surface area contributed by atoms with Crippen molar-refractivity contribution in [2.75, 3.05) is 19.8 Å². The van der Waals surface area contributed by atoms with Crippen molar-refractivity contribution in [1.29, 1.82) is 0 Å². The van der Waals surface area contributed by atoms with Crippen molar-refractivity contribution >= 4 is 0 Å². The molecule has 1 aromatic rings. The Bertz CT molecular complexity index is 339. The number of hydrogen-bond donors (Lipinski definition) is 1. The molecule has 1 aromatic carbocycles. The molecular formula is C15H25NO2. The first-order valence-electron chi connectivity index (χ1n) is 6.91. The molecule has 1 rings (SSSR count). The molecule has 0 amide bonds. The van der Waals surface area contributed by atoms with Crippen molar-refractivity contribution in [3.63, 3.8) is 0 Å². The van der Waals surface area contributed by atoms with Crippen LogP contribution in [0.4, 0.5) is 0 Å². The van der Waals surface area contributed by atoms with Crippen molar-refractivity contribution < 1.29 is 9.47 Å². The molecule has 0 heterocycles. The van der Waals surface area contributed by atoms with Gasteiger partial charge in [0.25, 0.3) is 0 Å². The number of nitrogens with one attached hydrogen (secondary N) is 1. The summed E-state index contributed by atoms with van der Waals surface area (Å²) in [5.74, 6) is 1.83. The summed E-state index contributed by atoms with van der Waals surface area (Å²) in [6.07, 6.45) is 2.03. The Labute approximate surface area is 110 Å². The highest BCUT2D eigenvalue weighted by Gasteiger charge is 2.05. The minimum Gasteiger partial charge on any atom is -0.493 e. The second kappa shape index (κ2) is 8.81. The van der Waals surface area contributed by atoms with E-state index in [9.17, 15) is 0 Å². The zero-order valence-electron chi connectivity index (χ0n) is 11.8. The quantitative estimate of drug-likeness (QED) is 0.730. The molecule has 102 valence electrons. The molecule has 0 radical (unpaired) electrons. The second-order valence-corrected chi connectivity index (χ2v) is 4.25. The van der Waals surface area contributed by atoms with Crippen LogP contribution in [0.3, 0.4) is 0 Å². The van der Waals surface area contributed by atoms with Gasteiger partial charge in [-0.1, -0.05) is 26.8 Å². The highest BCUT2D eigenvalue weighted by Crippen LogP contribution is 2.25. The highest BCUT2D eigenvalue weighted by molar-refractivity contribution is 5.40. The van der Waals surface area contributed by atoms with Crippen LogP contribution >= 0.6 is 0 Å². The van der Waals surface area contributed by atoms with Crippen LogP contribution in [0.25, 0.3) is 0 Å². The van der Waals surface area contributed by atoms with Crippen molar-refractivity contribution in [3.05, 3.63) is 23.8 Å². The van der Waals surface area contributed by atoms with Gasteiger partial charge in [-0.25, -0.2) is 0 Å². The molecule has 0 fully saturated rings. The minimum absolute atomic E-state index is 0.746. The van der Waals surface area contributed by atoms with E-state index in [1.807, 2.05) is 12.1 Å². The van der Waals surface area contributed by atoms with Gasteiger partial charge in [-0.15, -0.1) is 0 Å². The van der Waals surface area contributed by atoms with Gasteiger partial charge in [-0.2, -0.15) is 0 Å². The molecule has 0 aromatic heterocycles. The Kier molecular flexibility index (Phi) is 7.26. The fraction of sp³-hybridized carbons (Fsp3) is 0.600. The Balaban J connectivity index is 2.74. The van der Waals surface area contributed by atoms with E-state index in [4.69, 9.17) is 9.47 Å². The normalized spacial score (nSPS) is 10.4. The SMILES string of the molecule is CCCOc1ccc(CNCC)c(OCCC)c1. The molecule has 0 bridgehead atoms. The average Bonchev–Trinajstić information content (AvgIpc) is 2.41. The summed E-state index contributed by atoms with van der Waals surface area (Å²) < 4.78 is 11.4. The van der Waals surface area contributed by atoms with Crippen LogP contribution in [0.2, 0.25) is 0 Å². The third kappa shape index (κ3) is 4.96. The highest BCUT2D eigenvalue weighted by atomic mass is 16.5. The van der Waals surface area contributed by atoms with Crippen molar-refractivity contribution in [3.8, 4) is 11.5 Å². The smallest absolute Gasteiger partial charge is 0.127 e. The van der Waals surface area contributed by atoms with Gasteiger partial charge in [0.15, 0.2) is 0 Å². The predicted octanol–water partition coefficient (Wildman–Crippen LogP) is 3.37. The number of hydrogen-bond acceptors (Lipinski definition) is 3. The number of ether oxygens (including phenoxy) is 2. The zero-order chi connectivity index (χ0) is 13.2. The van der Waals surface area contributed by atoms with E-state index in [2.05, 4.69) is 32.2 Å². The van der Waals surface area contributed by atoms with Crippen LogP contribution in [0.5, 0.6) is 11.5 Å². The third-order valence-electron chi connectivity index (χ3n) is 2.54. The summed E-state index contributed by atoms with van der Waals surface area (Å²) in [6.45, 7) is 9.61. The molecule has 0 aliphatic rings. The average molecular weight is 251 g/mol.